The first-order valence-corrected chi connectivity index (χ1v) is 10.3. The molecule has 0 atom stereocenters. The largest absolute Gasteiger partial charge is 0.484 e. The van der Waals surface area contributed by atoms with Gasteiger partial charge in [0.1, 0.15) is 23.1 Å². The van der Waals surface area contributed by atoms with Crippen molar-refractivity contribution in [3.63, 3.8) is 0 Å². The number of carbonyl (C=O) groups is 1. The number of carbonyl (C=O) groups excluding carboxylic acids is 1. The molecule has 0 saturated carbocycles. The van der Waals surface area contributed by atoms with Crippen LogP contribution in [0.5, 0.6) is 5.75 Å². The van der Waals surface area contributed by atoms with E-state index in [0.29, 0.717) is 33.9 Å². The van der Waals surface area contributed by atoms with Gasteiger partial charge in [-0.05, 0) is 36.8 Å². The first-order valence-electron chi connectivity index (χ1n) is 9.54. The third-order valence-corrected chi connectivity index (χ3v) is 5.28. The number of anilines is 1. The van der Waals surface area contributed by atoms with Crippen molar-refractivity contribution in [2.45, 2.75) is 20.1 Å². The zero-order valence-electron chi connectivity index (χ0n) is 16.6. The van der Waals surface area contributed by atoms with Crippen molar-refractivity contribution in [1.82, 2.24) is 9.78 Å². The lowest BCUT2D eigenvalue weighted by Gasteiger charge is -2.07. The van der Waals surface area contributed by atoms with Gasteiger partial charge in [0.2, 0.25) is 0 Å². The van der Waals surface area contributed by atoms with Crippen molar-refractivity contribution in [3.05, 3.63) is 99.6 Å². The van der Waals surface area contributed by atoms with E-state index in [-0.39, 0.29) is 12.4 Å². The number of hydrogen-bond donors (Lipinski definition) is 1. The quantitative estimate of drug-likeness (QED) is 0.372. The van der Waals surface area contributed by atoms with Crippen LogP contribution in [0.4, 0.5) is 5.82 Å². The lowest BCUT2D eigenvalue weighted by Crippen LogP contribution is -2.12. The van der Waals surface area contributed by atoms with Crippen LogP contribution in [-0.4, -0.2) is 15.7 Å². The summed E-state index contributed by atoms with van der Waals surface area (Å²) in [6.45, 7) is 2.77. The van der Waals surface area contributed by atoms with E-state index in [0.717, 1.165) is 5.56 Å². The van der Waals surface area contributed by atoms with E-state index in [1.165, 1.54) is 5.56 Å². The van der Waals surface area contributed by atoms with E-state index in [2.05, 4.69) is 16.5 Å². The summed E-state index contributed by atoms with van der Waals surface area (Å²) in [7, 11) is 0. The van der Waals surface area contributed by atoms with Crippen LogP contribution in [-0.2, 0) is 13.2 Å². The van der Waals surface area contributed by atoms with Crippen LogP contribution in [0.3, 0.4) is 0 Å². The monoisotopic (exact) mass is 455 g/mol. The Bertz CT molecular complexity index is 1220. The van der Waals surface area contributed by atoms with Gasteiger partial charge in [0.25, 0.3) is 5.91 Å². The van der Waals surface area contributed by atoms with E-state index in [1.54, 1.807) is 41.1 Å². The molecular weight excluding hydrogens is 437 g/mol. The van der Waals surface area contributed by atoms with E-state index >= 15 is 0 Å². The lowest BCUT2D eigenvalue weighted by atomic mass is 10.1. The Morgan fingerprint density at radius 3 is 2.81 bits per heavy atom. The maximum Gasteiger partial charge on any atom is 0.292 e. The summed E-state index contributed by atoms with van der Waals surface area (Å²) in [5.41, 5.74) is 2.32. The Hall–Kier alpha value is -3.22. The summed E-state index contributed by atoms with van der Waals surface area (Å²) in [5.74, 6) is 1.12. The van der Waals surface area contributed by atoms with Crippen LogP contribution >= 0.6 is 23.2 Å². The average Bonchev–Trinajstić information content (AvgIpc) is 3.39. The van der Waals surface area contributed by atoms with Crippen LogP contribution in [0.25, 0.3) is 0 Å². The van der Waals surface area contributed by atoms with Gasteiger partial charge in [-0.25, -0.2) is 0 Å². The molecule has 4 aromatic rings. The molecule has 0 fully saturated rings. The van der Waals surface area contributed by atoms with Gasteiger partial charge in [0, 0.05) is 12.3 Å². The predicted octanol–water partition coefficient (Wildman–Crippen LogP) is 5.97. The van der Waals surface area contributed by atoms with Crippen molar-refractivity contribution in [3.8, 4) is 5.75 Å². The molecule has 2 aromatic heterocycles. The van der Waals surface area contributed by atoms with Crippen molar-refractivity contribution in [2.75, 3.05) is 5.32 Å². The van der Waals surface area contributed by atoms with E-state index in [9.17, 15) is 4.79 Å². The molecule has 0 aliphatic heterocycles. The normalized spacial score (nSPS) is 10.8. The number of benzene rings is 2. The smallest absolute Gasteiger partial charge is 0.292 e. The van der Waals surface area contributed by atoms with Crippen LogP contribution in [0.1, 0.15) is 27.4 Å². The van der Waals surface area contributed by atoms with Gasteiger partial charge < -0.3 is 14.5 Å². The Balaban J connectivity index is 1.35. The second kappa shape index (κ2) is 9.29. The molecule has 0 aliphatic carbocycles. The summed E-state index contributed by atoms with van der Waals surface area (Å²) >= 11 is 12.1. The van der Waals surface area contributed by atoms with Crippen molar-refractivity contribution < 1.29 is 13.9 Å². The highest BCUT2D eigenvalue weighted by Gasteiger charge is 2.14. The second-order valence-corrected chi connectivity index (χ2v) is 7.73. The number of amides is 1. The standard InChI is InChI=1S/C23H19Cl2N3O3/c1-15-4-2-5-16(12-15)13-28-11-10-21(27-28)26-23(29)20-9-8-17(31-20)14-30-19-7-3-6-18(24)22(19)25/h2-12H,13-14H2,1H3,(H,26,27,29). The van der Waals surface area contributed by atoms with Crippen LogP contribution in [0.2, 0.25) is 10.0 Å². The zero-order chi connectivity index (χ0) is 21.8. The fraction of sp³-hybridized carbons (Fsp3) is 0.130. The molecule has 1 amide bonds. The maximum absolute atomic E-state index is 12.5. The number of halogens is 2. The summed E-state index contributed by atoms with van der Waals surface area (Å²) in [6, 6.07) is 18.3. The molecule has 1 N–H and O–H groups in total. The van der Waals surface area contributed by atoms with Gasteiger partial charge in [-0.15, -0.1) is 0 Å². The number of nitrogens with zero attached hydrogens (tertiary/aromatic N) is 2. The summed E-state index contributed by atoms with van der Waals surface area (Å²) < 4.78 is 13.0. The first-order chi connectivity index (χ1) is 15.0. The third kappa shape index (κ3) is 5.29. The average molecular weight is 456 g/mol. The Kier molecular flexibility index (Phi) is 6.30. The molecule has 0 bridgehead atoms. The highest BCUT2D eigenvalue weighted by atomic mass is 35.5. The minimum atomic E-state index is -0.396. The number of aryl methyl sites for hydroxylation is 1. The Labute approximate surface area is 189 Å². The second-order valence-electron chi connectivity index (χ2n) is 6.95. The molecule has 2 aromatic carbocycles. The topological polar surface area (TPSA) is 69.3 Å². The van der Waals surface area contributed by atoms with Crippen LogP contribution in [0.15, 0.2) is 71.3 Å². The van der Waals surface area contributed by atoms with Crippen molar-refractivity contribution >= 4 is 34.9 Å². The molecule has 0 radical (unpaired) electrons. The highest BCUT2D eigenvalue weighted by Crippen LogP contribution is 2.32. The molecule has 6 nitrogen and oxygen atoms in total. The Morgan fingerprint density at radius 1 is 1.13 bits per heavy atom. The third-order valence-electron chi connectivity index (χ3n) is 4.48. The molecule has 0 aliphatic rings. The van der Waals surface area contributed by atoms with E-state index in [4.69, 9.17) is 32.4 Å². The molecule has 31 heavy (non-hydrogen) atoms. The highest BCUT2D eigenvalue weighted by molar-refractivity contribution is 6.42. The number of nitrogens with one attached hydrogen (secondary N) is 1. The van der Waals surface area contributed by atoms with Crippen molar-refractivity contribution in [2.24, 2.45) is 0 Å². The number of aromatic nitrogens is 2. The molecular formula is C23H19Cl2N3O3. The van der Waals surface area contributed by atoms with E-state index in [1.807, 2.05) is 31.3 Å². The minimum absolute atomic E-state index is 0.110. The molecule has 158 valence electrons. The SMILES string of the molecule is Cc1cccc(Cn2ccc(NC(=O)c3ccc(COc4cccc(Cl)c4Cl)o3)n2)c1. The minimum Gasteiger partial charge on any atom is -0.484 e. The summed E-state index contributed by atoms with van der Waals surface area (Å²) in [4.78, 5) is 12.5. The summed E-state index contributed by atoms with van der Waals surface area (Å²) in [6.07, 6.45) is 1.81. The van der Waals surface area contributed by atoms with Crippen molar-refractivity contribution in [1.29, 1.82) is 0 Å². The number of ether oxygens (including phenoxy) is 1. The Morgan fingerprint density at radius 2 is 1.97 bits per heavy atom. The molecule has 0 spiro atoms. The molecule has 0 saturated heterocycles. The van der Waals surface area contributed by atoms with Crippen LogP contribution in [0, 0.1) is 6.92 Å². The number of rotatable bonds is 7. The predicted molar refractivity (Wildman–Crippen MR) is 120 cm³/mol. The number of hydrogen-bond acceptors (Lipinski definition) is 4. The van der Waals surface area contributed by atoms with Gasteiger partial charge in [0.15, 0.2) is 11.6 Å². The molecule has 8 heteroatoms. The van der Waals surface area contributed by atoms with Crippen LogP contribution < -0.4 is 10.1 Å². The van der Waals surface area contributed by atoms with Gasteiger partial charge in [-0.3, -0.25) is 9.48 Å². The molecule has 4 rings (SSSR count). The fourth-order valence-corrected chi connectivity index (χ4v) is 3.36. The molecule has 0 unspecified atom stereocenters. The zero-order valence-corrected chi connectivity index (χ0v) is 18.2. The van der Waals surface area contributed by atoms with Gasteiger partial charge >= 0.3 is 0 Å². The lowest BCUT2D eigenvalue weighted by molar-refractivity contribution is 0.0992. The van der Waals surface area contributed by atoms with Gasteiger partial charge in [-0.1, -0.05) is 59.1 Å². The van der Waals surface area contributed by atoms with E-state index < -0.39 is 5.91 Å². The maximum atomic E-state index is 12.5. The number of furan rings is 1. The van der Waals surface area contributed by atoms with Gasteiger partial charge in [-0.2, -0.15) is 5.10 Å². The fourth-order valence-electron chi connectivity index (χ4n) is 3.01. The first kappa shape index (κ1) is 21.0. The summed E-state index contributed by atoms with van der Waals surface area (Å²) in [5, 5.41) is 7.86. The van der Waals surface area contributed by atoms with Gasteiger partial charge in [0.05, 0.1) is 11.6 Å². The molecule has 2 heterocycles.